The van der Waals surface area contributed by atoms with Crippen molar-refractivity contribution >= 4 is 15.9 Å². The number of amides is 1. The molecule has 0 radical (unpaired) electrons. The molecule has 1 aromatic rings. The second kappa shape index (κ2) is 6.55. The molecule has 1 fully saturated rings. The van der Waals surface area contributed by atoms with Crippen molar-refractivity contribution in [2.75, 3.05) is 19.6 Å². The number of carbonyl (C=O) groups is 1. The summed E-state index contributed by atoms with van der Waals surface area (Å²) in [4.78, 5) is 11.5. The second-order valence-electron chi connectivity index (χ2n) is 5.29. The van der Waals surface area contributed by atoms with E-state index in [0.717, 1.165) is 5.56 Å². The van der Waals surface area contributed by atoms with Gasteiger partial charge in [0.1, 0.15) is 0 Å². The van der Waals surface area contributed by atoms with E-state index in [2.05, 4.69) is 0 Å². The fourth-order valence-corrected chi connectivity index (χ4v) is 4.06. The molecular formula is C14H21N3O3S. The van der Waals surface area contributed by atoms with Gasteiger partial charge >= 0.3 is 0 Å². The zero-order valence-corrected chi connectivity index (χ0v) is 12.7. The Morgan fingerprint density at radius 2 is 1.95 bits per heavy atom. The van der Waals surface area contributed by atoms with E-state index in [0.29, 0.717) is 32.4 Å². The van der Waals surface area contributed by atoms with Crippen LogP contribution in [0, 0.1) is 5.92 Å². The van der Waals surface area contributed by atoms with Crippen molar-refractivity contribution in [2.24, 2.45) is 17.4 Å². The molecule has 2 rings (SSSR count). The van der Waals surface area contributed by atoms with E-state index in [9.17, 15) is 13.2 Å². The maximum Gasteiger partial charge on any atom is 0.243 e. The summed E-state index contributed by atoms with van der Waals surface area (Å²) in [7, 11) is -3.57. The van der Waals surface area contributed by atoms with Gasteiger partial charge in [0.05, 0.1) is 10.8 Å². The third-order valence-corrected chi connectivity index (χ3v) is 5.66. The molecule has 1 atom stereocenters. The Balaban J connectivity index is 2.18. The van der Waals surface area contributed by atoms with Crippen molar-refractivity contribution in [3.8, 4) is 0 Å². The fourth-order valence-electron chi connectivity index (χ4n) is 2.54. The van der Waals surface area contributed by atoms with Crippen LogP contribution < -0.4 is 11.5 Å². The Labute approximate surface area is 125 Å². The molecule has 1 saturated heterocycles. The van der Waals surface area contributed by atoms with Crippen LogP contribution in [0.15, 0.2) is 29.2 Å². The van der Waals surface area contributed by atoms with Crippen LogP contribution >= 0.6 is 0 Å². The molecule has 7 heteroatoms. The van der Waals surface area contributed by atoms with Crippen molar-refractivity contribution < 1.29 is 13.2 Å². The molecule has 0 spiro atoms. The summed E-state index contributed by atoms with van der Waals surface area (Å²) in [6.07, 6.45) is 2.02. The van der Waals surface area contributed by atoms with Gasteiger partial charge in [0, 0.05) is 13.1 Å². The number of nitrogens with zero attached hydrogens (tertiary/aromatic N) is 1. The molecule has 1 aliphatic heterocycles. The molecule has 0 aromatic heterocycles. The highest BCUT2D eigenvalue weighted by atomic mass is 32.2. The molecule has 0 saturated carbocycles. The van der Waals surface area contributed by atoms with Crippen LogP contribution in [0.4, 0.5) is 0 Å². The van der Waals surface area contributed by atoms with Gasteiger partial charge in [0.2, 0.25) is 15.9 Å². The average molecular weight is 311 g/mol. The minimum Gasteiger partial charge on any atom is -0.369 e. The maximum atomic E-state index is 12.6. The second-order valence-corrected chi connectivity index (χ2v) is 7.23. The van der Waals surface area contributed by atoms with E-state index in [1.165, 1.54) is 4.31 Å². The SMILES string of the molecule is NCCc1ccc(S(=O)(=O)N2CCCC(C(N)=O)C2)cc1. The zero-order valence-electron chi connectivity index (χ0n) is 11.9. The van der Waals surface area contributed by atoms with E-state index in [4.69, 9.17) is 11.5 Å². The lowest BCUT2D eigenvalue weighted by Crippen LogP contribution is -2.44. The maximum absolute atomic E-state index is 12.6. The molecule has 1 heterocycles. The Morgan fingerprint density at radius 1 is 1.29 bits per heavy atom. The standard InChI is InChI=1S/C14H21N3O3S/c15-8-7-11-3-5-13(6-4-11)21(19,20)17-9-1-2-12(10-17)14(16)18/h3-6,12H,1-2,7-10,15H2,(H2,16,18). The van der Waals surface area contributed by atoms with Gasteiger partial charge in [0.25, 0.3) is 0 Å². The Bertz CT molecular complexity index is 598. The van der Waals surface area contributed by atoms with Gasteiger partial charge in [-0.15, -0.1) is 0 Å². The number of benzene rings is 1. The highest BCUT2D eigenvalue weighted by Crippen LogP contribution is 2.23. The Morgan fingerprint density at radius 3 is 2.52 bits per heavy atom. The average Bonchev–Trinajstić information content (AvgIpc) is 2.48. The monoisotopic (exact) mass is 311 g/mol. The molecule has 1 aliphatic rings. The highest BCUT2D eigenvalue weighted by molar-refractivity contribution is 7.89. The summed E-state index contributed by atoms with van der Waals surface area (Å²) >= 11 is 0. The number of rotatable bonds is 5. The topological polar surface area (TPSA) is 106 Å². The quantitative estimate of drug-likeness (QED) is 0.802. The van der Waals surface area contributed by atoms with Crippen molar-refractivity contribution in [1.29, 1.82) is 0 Å². The van der Waals surface area contributed by atoms with E-state index in [1.807, 2.05) is 0 Å². The summed E-state index contributed by atoms with van der Waals surface area (Å²) in [5.74, 6) is -0.835. The third-order valence-electron chi connectivity index (χ3n) is 3.78. The van der Waals surface area contributed by atoms with Gasteiger partial charge in [-0.1, -0.05) is 12.1 Å². The minimum absolute atomic E-state index is 0.169. The molecule has 1 unspecified atom stereocenters. The lowest BCUT2D eigenvalue weighted by Gasteiger charge is -2.30. The summed E-state index contributed by atoms with van der Waals surface area (Å²) in [6.45, 7) is 1.12. The smallest absolute Gasteiger partial charge is 0.243 e. The van der Waals surface area contributed by atoms with Gasteiger partial charge < -0.3 is 11.5 Å². The zero-order chi connectivity index (χ0) is 15.5. The van der Waals surface area contributed by atoms with Crippen LogP contribution in [-0.4, -0.2) is 38.3 Å². The number of primary amides is 1. The molecule has 4 N–H and O–H groups in total. The van der Waals surface area contributed by atoms with Gasteiger partial charge in [-0.3, -0.25) is 4.79 Å². The molecule has 1 amide bonds. The summed E-state index contributed by atoms with van der Waals surface area (Å²) < 4.78 is 26.5. The van der Waals surface area contributed by atoms with E-state index in [-0.39, 0.29) is 11.4 Å². The van der Waals surface area contributed by atoms with Crippen molar-refractivity contribution in [2.45, 2.75) is 24.2 Å². The first-order valence-corrected chi connectivity index (χ1v) is 8.47. The third kappa shape index (κ3) is 3.61. The van der Waals surface area contributed by atoms with Crippen LogP contribution in [0.3, 0.4) is 0 Å². The summed E-state index contributed by atoms with van der Waals surface area (Å²) in [5, 5.41) is 0. The number of hydrogen-bond donors (Lipinski definition) is 2. The van der Waals surface area contributed by atoms with E-state index in [1.54, 1.807) is 24.3 Å². The minimum atomic E-state index is -3.57. The molecule has 0 bridgehead atoms. The lowest BCUT2D eigenvalue weighted by atomic mass is 9.99. The molecular weight excluding hydrogens is 290 g/mol. The van der Waals surface area contributed by atoms with Crippen molar-refractivity contribution in [1.82, 2.24) is 4.31 Å². The van der Waals surface area contributed by atoms with Gasteiger partial charge in [-0.05, 0) is 43.5 Å². The predicted octanol–water partition coefficient (Wildman–Crippen LogP) is 0.0738. The Hall–Kier alpha value is -1.44. The van der Waals surface area contributed by atoms with Crippen LogP contribution in [0.2, 0.25) is 0 Å². The summed E-state index contributed by atoms with van der Waals surface area (Å²) in [5.41, 5.74) is 11.8. The molecule has 6 nitrogen and oxygen atoms in total. The van der Waals surface area contributed by atoms with E-state index >= 15 is 0 Å². The van der Waals surface area contributed by atoms with Crippen LogP contribution in [0.1, 0.15) is 18.4 Å². The first kappa shape index (κ1) is 15.9. The largest absolute Gasteiger partial charge is 0.369 e. The van der Waals surface area contributed by atoms with Gasteiger partial charge in [0.15, 0.2) is 0 Å². The molecule has 21 heavy (non-hydrogen) atoms. The van der Waals surface area contributed by atoms with Gasteiger partial charge in [-0.25, -0.2) is 8.42 Å². The molecule has 1 aromatic carbocycles. The van der Waals surface area contributed by atoms with Crippen molar-refractivity contribution in [3.05, 3.63) is 29.8 Å². The Kier molecular flexibility index (Phi) is 4.97. The fraction of sp³-hybridized carbons (Fsp3) is 0.500. The number of piperidine rings is 1. The molecule has 116 valence electrons. The lowest BCUT2D eigenvalue weighted by molar-refractivity contribution is -0.122. The first-order valence-electron chi connectivity index (χ1n) is 7.03. The first-order chi connectivity index (χ1) is 9.95. The van der Waals surface area contributed by atoms with Crippen LogP contribution in [0.25, 0.3) is 0 Å². The van der Waals surface area contributed by atoms with Crippen LogP contribution in [-0.2, 0) is 21.2 Å². The number of nitrogens with two attached hydrogens (primary N) is 2. The van der Waals surface area contributed by atoms with Crippen LogP contribution in [0.5, 0.6) is 0 Å². The highest BCUT2D eigenvalue weighted by Gasteiger charge is 2.32. The predicted molar refractivity (Wildman–Crippen MR) is 79.9 cm³/mol. The van der Waals surface area contributed by atoms with Gasteiger partial charge in [-0.2, -0.15) is 4.31 Å². The summed E-state index contributed by atoms with van der Waals surface area (Å²) in [6, 6.07) is 6.73. The normalized spacial score (nSPS) is 20.3. The number of carbonyl (C=O) groups excluding carboxylic acids is 1. The molecule has 0 aliphatic carbocycles. The number of hydrogen-bond acceptors (Lipinski definition) is 4. The van der Waals surface area contributed by atoms with E-state index < -0.39 is 21.8 Å². The van der Waals surface area contributed by atoms with Crippen molar-refractivity contribution in [3.63, 3.8) is 0 Å². The number of sulfonamides is 1.